The number of halogens is 1. The Hall–Kier alpha value is -1.10. The first kappa shape index (κ1) is 9.98. The van der Waals surface area contributed by atoms with E-state index in [-0.39, 0.29) is 5.91 Å². The van der Waals surface area contributed by atoms with E-state index in [9.17, 15) is 4.79 Å². The predicted molar refractivity (Wildman–Crippen MR) is 53.7 cm³/mol. The van der Waals surface area contributed by atoms with Gasteiger partial charge in [0.05, 0.1) is 16.9 Å². The lowest BCUT2D eigenvalue weighted by molar-refractivity contribution is -0.112. The molecular weight excluding hydrogens is 234 g/mol. The number of carbonyl (C=O) groups is 1. The van der Waals surface area contributed by atoms with Crippen LogP contribution in [0.15, 0.2) is 29.0 Å². The van der Waals surface area contributed by atoms with Crippen molar-refractivity contribution in [1.82, 2.24) is 9.89 Å². The van der Waals surface area contributed by atoms with Gasteiger partial charge in [0.25, 0.3) is 5.91 Å². The SMILES string of the molecule is CC/C=C/C(=O)Nn1cc(Br)cn1. The van der Waals surface area contributed by atoms with Crippen LogP contribution in [0, 0.1) is 0 Å². The lowest BCUT2D eigenvalue weighted by atomic mass is 10.4. The number of nitrogens with one attached hydrogen (secondary N) is 1. The van der Waals surface area contributed by atoms with Crippen LogP contribution in [0.4, 0.5) is 0 Å². The molecule has 0 atom stereocenters. The van der Waals surface area contributed by atoms with Crippen LogP contribution >= 0.6 is 15.9 Å². The molecule has 1 aromatic rings. The van der Waals surface area contributed by atoms with Gasteiger partial charge in [0.2, 0.25) is 0 Å². The fourth-order valence-corrected chi connectivity index (χ4v) is 1.02. The van der Waals surface area contributed by atoms with Crippen molar-refractivity contribution >= 4 is 21.8 Å². The first-order valence-electron chi connectivity index (χ1n) is 3.90. The summed E-state index contributed by atoms with van der Waals surface area (Å²) in [7, 11) is 0. The average molecular weight is 244 g/mol. The van der Waals surface area contributed by atoms with Crippen LogP contribution in [0.1, 0.15) is 13.3 Å². The number of nitrogens with zero attached hydrogens (tertiary/aromatic N) is 2. The molecule has 70 valence electrons. The Morgan fingerprint density at radius 3 is 3.15 bits per heavy atom. The molecule has 0 unspecified atom stereocenters. The van der Waals surface area contributed by atoms with Gasteiger partial charge in [-0.15, -0.1) is 0 Å². The second-order valence-electron chi connectivity index (χ2n) is 2.39. The molecule has 1 N–H and O–H groups in total. The van der Waals surface area contributed by atoms with Crippen molar-refractivity contribution in [3.8, 4) is 0 Å². The Morgan fingerprint density at radius 2 is 2.62 bits per heavy atom. The smallest absolute Gasteiger partial charge is 0.263 e. The molecule has 1 heterocycles. The highest BCUT2D eigenvalue weighted by Gasteiger charge is 1.97. The molecule has 1 amide bonds. The van der Waals surface area contributed by atoms with Crippen LogP contribution < -0.4 is 5.43 Å². The van der Waals surface area contributed by atoms with Crippen molar-refractivity contribution in [2.75, 3.05) is 5.43 Å². The summed E-state index contributed by atoms with van der Waals surface area (Å²) >= 11 is 3.22. The molecule has 0 bridgehead atoms. The van der Waals surface area contributed by atoms with Gasteiger partial charge in [0, 0.05) is 6.08 Å². The summed E-state index contributed by atoms with van der Waals surface area (Å²) in [5.74, 6) is -0.183. The maximum absolute atomic E-state index is 11.1. The van der Waals surface area contributed by atoms with Gasteiger partial charge >= 0.3 is 0 Å². The van der Waals surface area contributed by atoms with E-state index in [0.29, 0.717) is 0 Å². The van der Waals surface area contributed by atoms with Gasteiger partial charge in [-0.3, -0.25) is 4.79 Å². The Labute approximate surface area is 84.7 Å². The summed E-state index contributed by atoms with van der Waals surface area (Å²) < 4.78 is 0.826. The molecule has 4 nitrogen and oxygen atoms in total. The zero-order valence-electron chi connectivity index (χ0n) is 7.20. The van der Waals surface area contributed by atoms with Crippen molar-refractivity contribution in [3.63, 3.8) is 0 Å². The molecule has 0 aromatic carbocycles. The van der Waals surface area contributed by atoms with Gasteiger partial charge in [-0.2, -0.15) is 9.89 Å². The predicted octanol–water partition coefficient (Wildman–Crippen LogP) is 1.68. The van der Waals surface area contributed by atoms with Crippen LogP contribution in [-0.4, -0.2) is 15.8 Å². The lowest BCUT2D eigenvalue weighted by Gasteiger charge is -1.99. The maximum atomic E-state index is 11.1. The summed E-state index contributed by atoms with van der Waals surface area (Å²) in [4.78, 5) is 12.5. The molecule has 0 aliphatic carbocycles. The molecule has 0 saturated heterocycles. The fraction of sp³-hybridized carbons (Fsp3) is 0.250. The van der Waals surface area contributed by atoms with E-state index in [0.717, 1.165) is 10.9 Å². The molecule has 0 spiro atoms. The van der Waals surface area contributed by atoms with Crippen LogP contribution in [0.25, 0.3) is 0 Å². The largest absolute Gasteiger partial charge is 0.268 e. The highest BCUT2D eigenvalue weighted by atomic mass is 79.9. The minimum absolute atomic E-state index is 0.183. The van der Waals surface area contributed by atoms with Crippen LogP contribution in [0.3, 0.4) is 0 Å². The molecular formula is C8H10BrN3O. The third kappa shape index (κ3) is 3.42. The van der Waals surface area contributed by atoms with Gasteiger partial charge in [-0.25, -0.2) is 5.43 Å². The van der Waals surface area contributed by atoms with Gasteiger partial charge in [-0.1, -0.05) is 13.0 Å². The minimum Gasteiger partial charge on any atom is -0.268 e. The van der Waals surface area contributed by atoms with E-state index in [4.69, 9.17) is 0 Å². The van der Waals surface area contributed by atoms with Gasteiger partial charge in [0.1, 0.15) is 0 Å². The maximum Gasteiger partial charge on any atom is 0.263 e. The Balaban J connectivity index is 2.50. The number of amides is 1. The van der Waals surface area contributed by atoms with Crippen LogP contribution in [0.2, 0.25) is 0 Å². The Kier molecular flexibility index (Phi) is 3.70. The monoisotopic (exact) mass is 243 g/mol. The highest BCUT2D eigenvalue weighted by molar-refractivity contribution is 9.10. The standard InChI is InChI=1S/C8H10BrN3O/c1-2-3-4-8(13)11-12-6-7(9)5-10-12/h3-6H,2H2,1H3,(H,11,13)/b4-3+. The molecule has 0 aliphatic heterocycles. The summed E-state index contributed by atoms with van der Waals surface area (Å²) in [6.07, 6.45) is 7.38. The third-order valence-electron chi connectivity index (χ3n) is 1.28. The van der Waals surface area contributed by atoms with E-state index in [1.165, 1.54) is 10.9 Å². The molecule has 0 saturated carbocycles. The highest BCUT2D eigenvalue weighted by Crippen LogP contribution is 2.04. The minimum atomic E-state index is -0.183. The molecule has 0 aliphatic rings. The quantitative estimate of drug-likeness (QED) is 0.822. The van der Waals surface area contributed by atoms with Gasteiger partial charge in [-0.05, 0) is 22.4 Å². The third-order valence-corrected chi connectivity index (χ3v) is 1.69. The Bertz CT molecular complexity index is 319. The summed E-state index contributed by atoms with van der Waals surface area (Å²) in [5, 5.41) is 3.87. The second-order valence-corrected chi connectivity index (χ2v) is 3.31. The van der Waals surface area contributed by atoms with Crippen molar-refractivity contribution in [2.24, 2.45) is 0 Å². The molecule has 0 radical (unpaired) electrons. The number of hydrogen-bond acceptors (Lipinski definition) is 2. The zero-order valence-corrected chi connectivity index (χ0v) is 8.78. The summed E-state index contributed by atoms with van der Waals surface area (Å²) in [6, 6.07) is 0. The molecule has 0 fully saturated rings. The van der Waals surface area contributed by atoms with E-state index < -0.39 is 0 Å². The fourth-order valence-electron chi connectivity index (χ4n) is 0.737. The van der Waals surface area contributed by atoms with E-state index in [2.05, 4.69) is 26.5 Å². The van der Waals surface area contributed by atoms with Crippen molar-refractivity contribution in [2.45, 2.75) is 13.3 Å². The first-order chi connectivity index (χ1) is 6.22. The second kappa shape index (κ2) is 4.81. The van der Waals surface area contributed by atoms with Crippen LogP contribution in [0.5, 0.6) is 0 Å². The van der Waals surface area contributed by atoms with Crippen molar-refractivity contribution in [1.29, 1.82) is 0 Å². The van der Waals surface area contributed by atoms with E-state index >= 15 is 0 Å². The molecule has 5 heteroatoms. The Morgan fingerprint density at radius 1 is 1.85 bits per heavy atom. The summed E-state index contributed by atoms with van der Waals surface area (Å²) in [6.45, 7) is 1.97. The van der Waals surface area contributed by atoms with Gasteiger partial charge in [0.15, 0.2) is 0 Å². The molecule has 13 heavy (non-hydrogen) atoms. The number of allylic oxidation sites excluding steroid dienone is 1. The lowest BCUT2D eigenvalue weighted by Crippen LogP contribution is -2.20. The first-order valence-corrected chi connectivity index (χ1v) is 4.69. The van der Waals surface area contributed by atoms with Crippen molar-refractivity contribution < 1.29 is 4.79 Å². The number of rotatable bonds is 3. The van der Waals surface area contributed by atoms with Gasteiger partial charge < -0.3 is 0 Å². The molecule has 1 aromatic heterocycles. The summed E-state index contributed by atoms with van der Waals surface area (Å²) in [5.41, 5.74) is 2.55. The topological polar surface area (TPSA) is 46.9 Å². The van der Waals surface area contributed by atoms with Crippen molar-refractivity contribution in [3.05, 3.63) is 29.0 Å². The number of hydrogen-bond donors (Lipinski definition) is 1. The number of aromatic nitrogens is 2. The normalized spacial score (nSPS) is 10.6. The van der Waals surface area contributed by atoms with Crippen LogP contribution in [-0.2, 0) is 4.79 Å². The number of carbonyl (C=O) groups excluding carboxylic acids is 1. The average Bonchev–Trinajstić information content (AvgIpc) is 2.48. The van der Waals surface area contributed by atoms with E-state index in [1.807, 2.05) is 6.92 Å². The van der Waals surface area contributed by atoms with E-state index in [1.54, 1.807) is 18.5 Å². The molecule has 1 rings (SSSR count). The zero-order chi connectivity index (χ0) is 9.68.